The van der Waals surface area contributed by atoms with Crippen LogP contribution in [0.1, 0.15) is 47.7 Å². The molecule has 3 aromatic rings. The Morgan fingerprint density at radius 3 is 2.59 bits per heavy atom. The van der Waals surface area contributed by atoms with Crippen LogP contribution >= 0.6 is 0 Å². The first kappa shape index (κ1) is 21.7. The molecule has 0 aromatic heterocycles. The highest BCUT2D eigenvalue weighted by Gasteiger charge is 2.34. The fraction of sp³-hybridized carbons (Fsp3) is 0.250. The van der Waals surface area contributed by atoms with Crippen molar-refractivity contribution in [2.75, 3.05) is 12.0 Å². The van der Waals surface area contributed by atoms with E-state index in [0.717, 1.165) is 18.4 Å². The lowest BCUT2D eigenvalue weighted by atomic mass is 9.84. The number of ether oxygens (including phenoxy) is 1. The number of nitrogens with zero attached hydrogens (tertiary/aromatic N) is 1. The van der Waals surface area contributed by atoms with Gasteiger partial charge in [-0.2, -0.15) is 0 Å². The van der Waals surface area contributed by atoms with E-state index in [0.29, 0.717) is 5.75 Å². The van der Waals surface area contributed by atoms with E-state index in [9.17, 15) is 9.90 Å². The summed E-state index contributed by atoms with van der Waals surface area (Å²) >= 11 is 0. The van der Waals surface area contributed by atoms with Gasteiger partial charge in [0.2, 0.25) is 0 Å². The molecule has 0 radical (unpaired) electrons. The van der Waals surface area contributed by atoms with Crippen LogP contribution in [-0.2, 0) is 22.4 Å². The normalized spacial score (nSPS) is 17.9. The Morgan fingerprint density at radius 1 is 1.12 bits per heavy atom. The zero-order chi connectivity index (χ0) is 22.7. The molecule has 0 fully saturated rings. The summed E-state index contributed by atoms with van der Waals surface area (Å²) in [5.41, 5.74) is 7.08. The summed E-state index contributed by atoms with van der Waals surface area (Å²) in [6.07, 6.45) is 5.03. The summed E-state index contributed by atoms with van der Waals surface area (Å²) < 4.78 is 4.68. The summed E-state index contributed by atoms with van der Waals surface area (Å²) in [5, 5.41) is 10.1. The van der Waals surface area contributed by atoms with Crippen LogP contribution in [0.15, 0.2) is 72.8 Å². The standard InChI is InChI=1S/C28H29NO3/c1-4-21-7-5-6-8-26(21)29-19(2)17-23-18-24(30)14-15-25(23)28(29)22-12-9-20(10-13-22)11-16-27(31)32-3/h5-16,18-19,28,30H,4,17H2,1-3H3/b16-11+. The third-order valence-electron chi connectivity index (χ3n) is 6.21. The lowest BCUT2D eigenvalue weighted by Crippen LogP contribution is -2.43. The maximum Gasteiger partial charge on any atom is 0.330 e. The fourth-order valence-corrected chi connectivity index (χ4v) is 4.66. The minimum atomic E-state index is -0.369. The molecule has 1 N–H and O–H groups in total. The van der Waals surface area contributed by atoms with Gasteiger partial charge in [0.1, 0.15) is 5.75 Å². The Morgan fingerprint density at radius 2 is 1.88 bits per heavy atom. The van der Waals surface area contributed by atoms with Gasteiger partial charge in [0.15, 0.2) is 0 Å². The number of anilines is 1. The number of rotatable bonds is 5. The molecule has 1 heterocycles. The van der Waals surface area contributed by atoms with Crippen molar-refractivity contribution in [2.45, 2.75) is 38.8 Å². The third kappa shape index (κ3) is 4.26. The lowest BCUT2D eigenvalue weighted by molar-refractivity contribution is -0.134. The molecule has 2 atom stereocenters. The number of carbonyl (C=O) groups is 1. The number of methoxy groups -OCH3 is 1. The van der Waals surface area contributed by atoms with Crippen LogP contribution < -0.4 is 4.90 Å². The zero-order valence-electron chi connectivity index (χ0n) is 18.8. The van der Waals surface area contributed by atoms with E-state index in [2.05, 4.69) is 59.9 Å². The van der Waals surface area contributed by atoms with Crippen LogP contribution in [0, 0.1) is 0 Å². The van der Waals surface area contributed by atoms with Gasteiger partial charge >= 0.3 is 5.97 Å². The fourth-order valence-electron chi connectivity index (χ4n) is 4.66. The van der Waals surface area contributed by atoms with Crippen molar-refractivity contribution < 1.29 is 14.6 Å². The molecule has 1 aliphatic rings. The van der Waals surface area contributed by atoms with Gasteiger partial charge in [0.05, 0.1) is 13.2 Å². The smallest absolute Gasteiger partial charge is 0.330 e. The van der Waals surface area contributed by atoms with Crippen LogP contribution in [0.2, 0.25) is 0 Å². The lowest BCUT2D eigenvalue weighted by Gasteiger charge is -2.45. The molecule has 0 saturated carbocycles. The molecule has 2 unspecified atom stereocenters. The van der Waals surface area contributed by atoms with Gasteiger partial charge < -0.3 is 14.7 Å². The molecule has 0 saturated heterocycles. The van der Waals surface area contributed by atoms with Crippen molar-refractivity contribution in [2.24, 2.45) is 0 Å². The van der Waals surface area contributed by atoms with E-state index in [1.165, 1.54) is 41.1 Å². The largest absolute Gasteiger partial charge is 0.508 e. The van der Waals surface area contributed by atoms with Gasteiger partial charge in [-0.05, 0) is 71.9 Å². The molecule has 1 aliphatic heterocycles. The summed E-state index contributed by atoms with van der Waals surface area (Å²) in [7, 11) is 1.37. The molecule has 32 heavy (non-hydrogen) atoms. The Bertz CT molecular complexity index is 1130. The van der Waals surface area contributed by atoms with Gasteiger partial charge in [0.25, 0.3) is 0 Å². The second-order valence-corrected chi connectivity index (χ2v) is 8.25. The molecule has 0 aliphatic carbocycles. The maximum atomic E-state index is 11.4. The molecule has 0 bridgehead atoms. The molecule has 4 rings (SSSR count). The first-order valence-corrected chi connectivity index (χ1v) is 11.1. The summed E-state index contributed by atoms with van der Waals surface area (Å²) in [4.78, 5) is 13.9. The highest BCUT2D eigenvalue weighted by molar-refractivity contribution is 5.86. The van der Waals surface area contributed by atoms with Gasteiger partial charge in [0, 0.05) is 17.8 Å². The van der Waals surface area contributed by atoms with Gasteiger partial charge in [-0.15, -0.1) is 0 Å². The number of benzene rings is 3. The van der Waals surface area contributed by atoms with E-state index in [4.69, 9.17) is 0 Å². The van der Waals surface area contributed by atoms with Crippen molar-refractivity contribution in [1.29, 1.82) is 0 Å². The third-order valence-corrected chi connectivity index (χ3v) is 6.21. The average Bonchev–Trinajstić information content (AvgIpc) is 2.82. The zero-order valence-corrected chi connectivity index (χ0v) is 18.8. The van der Waals surface area contributed by atoms with Crippen molar-refractivity contribution in [3.05, 3.63) is 101 Å². The van der Waals surface area contributed by atoms with Gasteiger partial charge in [-0.3, -0.25) is 0 Å². The van der Waals surface area contributed by atoms with Crippen LogP contribution in [-0.4, -0.2) is 24.2 Å². The number of hydrogen-bond donors (Lipinski definition) is 1. The number of aryl methyl sites for hydroxylation is 1. The number of phenolic OH excluding ortho intramolecular Hbond substituents is 1. The highest BCUT2D eigenvalue weighted by Crippen LogP contribution is 2.43. The molecule has 4 heteroatoms. The van der Waals surface area contributed by atoms with Crippen LogP contribution in [0.4, 0.5) is 5.69 Å². The van der Waals surface area contributed by atoms with Crippen LogP contribution in [0.3, 0.4) is 0 Å². The monoisotopic (exact) mass is 427 g/mol. The molecule has 164 valence electrons. The maximum absolute atomic E-state index is 11.4. The van der Waals surface area contributed by atoms with Crippen molar-refractivity contribution in [3.63, 3.8) is 0 Å². The predicted molar refractivity (Wildman–Crippen MR) is 129 cm³/mol. The minimum Gasteiger partial charge on any atom is -0.508 e. The molecule has 0 spiro atoms. The molecule has 0 amide bonds. The summed E-state index contributed by atoms with van der Waals surface area (Å²) in [5.74, 6) is -0.0633. The predicted octanol–water partition coefficient (Wildman–Crippen LogP) is 5.68. The van der Waals surface area contributed by atoms with Crippen molar-refractivity contribution >= 4 is 17.7 Å². The number of aromatic hydroxyl groups is 1. The minimum absolute atomic E-state index is 0.0284. The number of para-hydroxylation sites is 1. The van der Waals surface area contributed by atoms with Crippen LogP contribution in [0.5, 0.6) is 5.75 Å². The summed E-state index contributed by atoms with van der Waals surface area (Å²) in [6, 6.07) is 22.9. The second-order valence-electron chi connectivity index (χ2n) is 8.25. The van der Waals surface area contributed by atoms with Crippen molar-refractivity contribution in [3.8, 4) is 5.75 Å². The number of phenols is 1. The van der Waals surface area contributed by atoms with Gasteiger partial charge in [-0.25, -0.2) is 4.79 Å². The van der Waals surface area contributed by atoms with E-state index in [-0.39, 0.29) is 18.1 Å². The SMILES string of the molecule is CCc1ccccc1N1C(C)Cc2cc(O)ccc2C1c1ccc(/C=C/C(=O)OC)cc1. The molecule has 3 aromatic carbocycles. The second kappa shape index (κ2) is 9.31. The Labute approximate surface area is 189 Å². The average molecular weight is 428 g/mol. The van der Waals surface area contributed by atoms with E-state index in [1.807, 2.05) is 24.3 Å². The Kier molecular flexibility index (Phi) is 6.31. The summed E-state index contributed by atoms with van der Waals surface area (Å²) in [6.45, 7) is 4.44. The molecule has 4 nitrogen and oxygen atoms in total. The van der Waals surface area contributed by atoms with Gasteiger partial charge in [-0.1, -0.05) is 55.5 Å². The first-order chi connectivity index (χ1) is 15.5. The highest BCUT2D eigenvalue weighted by atomic mass is 16.5. The first-order valence-electron chi connectivity index (χ1n) is 11.1. The number of esters is 1. The van der Waals surface area contributed by atoms with Crippen molar-refractivity contribution in [1.82, 2.24) is 0 Å². The topological polar surface area (TPSA) is 49.8 Å². The number of fused-ring (bicyclic) bond motifs is 1. The van der Waals surface area contributed by atoms with E-state index < -0.39 is 0 Å². The molecular weight excluding hydrogens is 398 g/mol. The van der Waals surface area contributed by atoms with E-state index in [1.54, 1.807) is 12.1 Å². The quantitative estimate of drug-likeness (QED) is 0.420. The van der Waals surface area contributed by atoms with E-state index >= 15 is 0 Å². The number of carbonyl (C=O) groups excluding carboxylic acids is 1. The van der Waals surface area contributed by atoms with Crippen LogP contribution in [0.25, 0.3) is 6.08 Å². The number of hydrogen-bond acceptors (Lipinski definition) is 4. The molecular formula is C28H29NO3. The Hall–Kier alpha value is -3.53. The Balaban J connectivity index is 1.81.